The molecule has 24 heavy (non-hydrogen) atoms. The van der Waals surface area contributed by atoms with Crippen LogP contribution in [0.1, 0.15) is 18.4 Å². The molecule has 126 valence electrons. The van der Waals surface area contributed by atoms with Crippen molar-refractivity contribution < 1.29 is 9.82 Å². The highest BCUT2D eigenvalue weighted by atomic mass is 16.6. The highest BCUT2D eigenvalue weighted by molar-refractivity contribution is 5.24. The third-order valence-electron chi connectivity index (χ3n) is 4.75. The summed E-state index contributed by atoms with van der Waals surface area (Å²) in [6, 6.07) is 13.1. The molecule has 1 N–H and O–H groups in total. The van der Waals surface area contributed by atoms with Crippen molar-refractivity contribution in [3.8, 4) is 0 Å². The van der Waals surface area contributed by atoms with Crippen LogP contribution in [0.3, 0.4) is 0 Å². The molecule has 3 rings (SSSR count). The van der Waals surface area contributed by atoms with Crippen LogP contribution in [0.2, 0.25) is 0 Å². The minimum Gasteiger partial charge on any atom is -0.317 e. The topological polar surface area (TPSA) is 69.6 Å². The fourth-order valence-corrected chi connectivity index (χ4v) is 3.39. The summed E-state index contributed by atoms with van der Waals surface area (Å²) in [5, 5.41) is 10.9. The summed E-state index contributed by atoms with van der Waals surface area (Å²) in [6.07, 6.45) is 4.69. The Morgan fingerprint density at radius 1 is 1.12 bits per heavy atom. The Hall–Kier alpha value is -2.47. The maximum absolute atomic E-state index is 11.9. The second-order valence-electron chi connectivity index (χ2n) is 6.49. The second-order valence-corrected chi connectivity index (χ2v) is 6.49. The standard InChI is InChI=1S/C18H21N3O3/c22-18-7-6-17(21(23)24)13-20(18)14-19-10-8-16(9-11-19)12-15-4-2-1-3-5-15/h1-7,13,16H,8-12,14H2/p+1. The lowest BCUT2D eigenvalue weighted by Gasteiger charge is -2.29. The molecule has 2 aromatic rings. The van der Waals surface area contributed by atoms with Crippen LogP contribution in [0, 0.1) is 16.0 Å². The van der Waals surface area contributed by atoms with Crippen molar-refractivity contribution >= 4 is 5.69 Å². The normalized spacial score (nSPS) is 20.7. The molecular weight excluding hydrogens is 306 g/mol. The molecule has 1 aromatic heterocycles. The number of likely N-dealkylation sites (tertiary alicyclic amines) is 1. The summed E-state index contributed by atoms with van der Waals surface area (Å²) in [4.78, 5) is 23.6. The van der Waals surface area contributed by atoms with E-state index in [0.717, 1.165) is 32.4 Å². The van der Waals surface area contributed by atoms with Gasteiger partial charge < -0.3 is 4.90 Å². The van der Waals surface area contributed by atoms with Gasteiger partial charge in [-0.15, -0.1) is 0 Å². The lowest BCUT2D eigenvalue weighted by atomic mass is 9.90. The summed E-state index contributed by atoms with van der Waals surface area (Å²) in [6.45, 7) is 2.48. The summed E-state index contributed by atoms with van der Waals surface area (Å²) in [5.41, 5.74) is 1.16. The molecule has 1 aliphatic heterocycles. The molecule has 1 fully saturated rings. The van der Waals surface area contributed by atoms with Crippen LogP contribution in [0.25, 0.3) is 0 Å². The first-order chi connectivity index (χ1) is 11.6. The highest BCUT2D eigenvalue weighted by Crippen LogP contribution is 2.16. The maximum Gasteiger partial charge on any atom is 0.285 e. The largest absolute Gasteiger partial charge is 0.317 e. The Balaban J connectivity index is 1.57. The lowest BCUT2D eigenvalue weighted by Crippen LogP contribution is -3.12. The van der Waals surface area contributed by atoms with Crippen LogP contribution < -0.4 is 10.5 Å². The SMILES string of the molecule is O=c1ccc([N+](=O)[O-])cn1C[NH+]1CCC(Cc2ccccc2)CC1. The fraction of sp³-hybridized carbons (Fsp3) is 0.389. The Morgan fingerprint density at radius 3 is 2.50 bits per heavy atom. The first-order valence-electron chi connectivity index (χ1n) is 8.34. The van der Waals surface area contributed by atoms with E-state index in [1.54, 1.807) is 0 Å². The molecule has 6 nitrogen and oxygen atoms in total. The molecule has 0 amide bonds. The van der Waals surface area contributed by atoms with Gasteiger partial charge in [0.15, 0.2) is 6.67 Å². The summed E-state index contributed by atoms with van der Waals surface area (Å²) in [5.74, 6) is 0.679. The number of piperidine rings is 1. The van der Waals surface area contributed by atoms with Crippen molar-refractivity contribution in [2.75, 3.05) is 13.1 Å². The highest BCUT2D eigenvalue weighted by Gasteiger charge is 2.23. The first-order valence-corrected chi connectivity index (χ1v) is 8.34. The van der Waals surface area contributed by atoms with Crippen molar-refractivity contribution in [1.82, 2.24) is 4.57 Å². The number of nitro groups is 1. The average molecular weight is 328 g/mol. The van der Waals surface area contributed by atoms with Crippen LogP contribution in [-0.4, -0.2) is 22.6 Å². The minimum atomic E-state index is -0.461. The van der Waals surface area contributed by atoms with E-state index < -0.39 is 4.92 Å². The minimum absolute atomic E-state index is 0.0343. The molecule has 2 heterocycles. The van der Waals surface area contributed by atoms with Gasteiger partial charge in [-0.25, -0.2) is 0 Å². The van der Waals surface area contributed by atoms with Gasteiger partial charge >= 0.3 is 0 Å². The van der Waals surface area contributed by atoms with Gasteiger partial charge in [-0.05, 0) is 30.7 Å². The van der Waals surface area contributed by atoms with Gasteiger partial charge in [0, 0.05) is 12.1 Å². The zero-order valence-electron chi connectivity index (χ0n) is 13.6. The molecule has 0 bridgehead atoms. The molecule has 0 spiro atoms. The van der Waals surface area contributed by atoms with Crippen molar-refractivity contribution in [2.24, 2.45) is 5.92 Å². The predicted octanol–water partition coefficient (Wildman–Crippen LogP) is 1.25. The Kier molecular flexibility index (Phi) is 5.05. The van der Waals surface area contributed by atoms with E-state index in [4.69, 9.17) is 0 Å². The maximum atomic E-state index is 11.9. The Morgan fingerprint density at radius 2 is 1.83 bits per heavy atom. The number of aromatic nitrogens is 1. The smallest absolute Gasteiger partial charge is 0.285 e. The van der Waals surface area contributed by atoms with Crippen LogP contribution in [-0.2, 0) is 13.1 Å². The van der Waals surface area contributed by atoms with Gasteiger partial charge in [0.25, 0.3) is 11.2 Å². The van der Waals surface area contributed by atoms with Crippen molar-refractivity contribution in [3.63, 3.8) is 0 Å². The van der Waals surface area contributed by atoms with E-state index >= 15 is 0 Å². The summed E-state index contributed by atoms with van der Waals surface area (Å²) in [7, 11) is 0. The van der Waals surface area contributed by atoms with E-state index in [1.165, 1.54) is 33.4 Å². The van der Waals surface area contributed by atoms with Crippen LogP contribution in [0.5, 0.6) is 0 Å². The molecular formula is C18H22N3O3+. The number of pyridine rings is 1. The molecule has 0 unspecified atom stereocenters. The third kappa shape index (κ3) is 4.08. The van der Waals surface area contributed by atoms with Gasteiger partial charge in [0.1, 0.15) is 0 Å². The second kappa shape index (κ2) is 7.40. The van der Waals surface area contributed by atoms with Crippen LogP contribution in [0.4, 0.5) is 5.69 Å². The number of hydrogen-bond donors (Lipinski definition) is 1. The molecule has 1 saturated heterocycles. The van der Waals surface area contributed by atoms with E-state index in [2.05, 4.69) is 24.3 Å². The summed E-state index contributed by atoms with van der Waals surface area (Å²) >= 11 is 0. The third-order valence-corrected chi connectivity index (χ3v) is 4.75. The van der Waals surface area contributed by atoms with Gasteiger partial charge in [-0.2, -0.15) is 0 Å². The first kappa shape index (κ1) is 16.4. The van der Waals surface area contributed by atoms with E-state index in [-0.39, 0.29) is 11.2 Å². The number of rotatable bonds is 5. The van der Waals surface area contributed by atoms with Crippen molar-refractivity contribution in [1.29, 1.82) is 0 Å². The quantitative estimate of drug-likeness (QED) is 0.663. The van der Waals surface area contributed by atoms with E-state index in [1.807, 2.05) is 6.07 Å². The van der Waals surface area contributed by atoms with Gasteiger partial charge in [-0.3, -0.25) is 19.5 Å². The number of nitrogens with one attached hydrogen (secondary N) is 1. The molecule has 0 aliphatic carbocycles. The molecule has 0 radical (unpaired) electrons. The predicted molar refractivity (Wildman–Crippen MR) is 90.9 cm³/mol. The molecule has 1 aliphatic rings. The molecule has 0 atom stereocenters. The Labute approximate surface area is 140 Å². The summed E-state index contributed by atoms with van der Waals surface area (Å²) < 4.78 is 1.46. The van der Waals surface area contributed by atoms with Crippen LogP contribution >= 0.6 is 0 Å². The van der Waals surface area contributed by atoms with Crippen LogP contribution in [0.15, 0.2) is 53.5 Å². The number of benzene rings is 1. The van der Waals surface area contributed by atoms with Crippen molar-refractivity contribution in [3.05, 3.63) is 74.7 Å². The average Bonchev–Trinajstić information content (AvgIpc) is 2.59. The molecule has 1 aromatic carbocycles. The fourth-order valence-electron chi connectivity index (χ4n) is 3.39. The van der Waals surface area contributed by atoms with Gasteiger partial charge in [0.05, 0.1) is 24.2 Å². The zero-order chi connectivity index (χ0) is 16.9. The number of quaternary nitrogens is 1. The molecule has 6 heteroatoms. The number of hydrogen-bond acceptors (Lipinski definition) is 3. The van der Waals surface area contributed by atoms with E-state index in [0.29, 0.717) is 12.6 Å². The molecule has 0 saturated carbocycles. The van der Waals surface area contributed by atoms with Gasteiger partial charge in [0.2, 0.25) is 0 Å². The number of nitrogens with zero attached hydrogens (tertiary/aromatic N) is 2. The lowest BCUT2D eigenvalue weighted by molar-refractivity contribution is -0.928. The van der Waals surface area contributed by atoms with Crippen molar-refractivity contribution in [2.45, 2.75) is 25.9 Å². The van der Waals surface area contributed by atoms with E-state index in [9.17, 15) is 14.9 Å². The van der Waals surface area contributed by atoms with Gasteiger partial charge in [-0.1, -0.05) is 30.3 Å². The zero-order valence-corrected chi connectivity index (χ0v) is 13.6. The Bertz CT molecular complexity index is 750. The monoisotopic (exact) mass is 328 g/mol.